The van der Waals surface area contributed by atoms with Crippen LogP contribution in [0.15, 0.2) is 42.6 Å². The van der Waals surface area contributed by atoms with Gasteiger partial charge in [0.15, 0.2) is 12.6 Å². The minimum atomic E-state index is -0.661. The molecule has 4 aromatic rings. The van der Waals surface area contributed by atoms with Crippen LogP contribution < -0.4 is 9.47 Å². The number of pyridine rings is 1. The monoisotopic (exact) mass is 490 g/mol. The van der Waals surface area contributed by atoms with E-state index >= 15 is 4.39 Å². The Kier molecular flexibility index (Phi) is 5.81. The van der Waals surface area contributed by atoms with Crippen molar-refractivity contribution in [2.24, 2.45) is 0 Å². The summed E-state index contributed by atoms with van der Waals surface area (Å²) >= 11 is 0. The molecule has 0 unspecified atom stereocenters. The highest BCUT2D eigenvalue weighted by atomic mass is 19.1. The van der Waals surface area contributed by atoms with Crippen LogP contribution >= 0.6 is 0 Å². The van der Waals surface area contributed by atoms with Crippen molar-refractivity contribution in [1.82, 2.24) is 19.9 Å². The van der Waals surface area contributed by atoms with Gasteiger partial charge in [0.2, 0.25) is 5.88 Å². The van der Waals surface area contributed by atoms with Gasteiger partial charge in [-0.25, -0.2) is 4.39 Å². The lowest BCUT2D eigenvalue weighted by Gasteiger charge is -2.31. The van der Waals surface area contributed by atoms with Gasteiger partial charge in [0.1, 0.15) is 23.6 Å². The number of fused-ring (bicyclic) bond motifs is 3. The summed E-state index contributed by atoms with van der Waals surface area (Å²) in [6.45, 7) is 2.61. The van der Waals surface area contributed by atoms with Gasteiger partial charge in [-0.3, -0.25) is 9.88 Å². The molecule has 1 N–H and O–H groups in total. The van der Waals surface area contributed by atoms with Gasteiger partial charge in [-0.2, -0.15) is 9.97 Å². The van der Waals surface area contributed by atoms with E-state index in [0.717, 1.165) is 49.5 Å². The number of nitrogens with zero attached hydrogens (tertiary/aromatic N) is 4. The van der Waals surface area contributed by atoms with Crippen molar-refractivity contribution in [3.05, 3.63) is 48.4 Å². The van der Waals surface area contributed by atoms with E-state index in [2.05, 4.69) is 19.9 Å². The Hall–Kier alpha value is -3.56. The fraction of sp³-hybridized carbons (Fsp3) is 0.370. The Morgan fingerprint density at radius 1 is 1.06 bits per heavy atom. The molecule has 0 spiro atoms. The molecule has 0 amide bonds. The molecule has 2 aliphatic rings. The van der Waals surface area contributed by atoms with Crippen molar-refractivity contribution < 1.29 is 23.7 Å². The van der Waals surface area contributed by atoms with Gasteiger partial charge in [0, 0.05) is 18.9 Å². The summed E-state index contributed by atoms with van der Waals surface area (Å²) in [4.78, 5) is 15.2. The summed E-state index contributed by atoms with van der Waals surface area (Å²) in [5, 5.41) is 12.4. The van der Waals surface area contributed by atoms with Gasteiger partial charge >= 0.3 is 6.01 Å². The number of aromatic hydroxyl groups is 1. The number of benzene rings is 2. The summed E-state index contributed by atoms with van der Waals surface area (Å²) in [5.74, 6) is -0.494. The molecule has 8 nitrogen and oxygen atoms in total. The van der Waals surface area contributed by atoms with Gasteiger partial charge < -0.3 is 19.3 Å². The second kappa shape index (κ2) is 9.15. The van der Waals surface area contributed by atoms with E-state index in [9.17, 15) is 5.11 Å². The van der Waals surface area contributed by atoms with Crippen LogP contribution in [0.25, 0.3) is 32.9 Å². The third kappa shape index (κ3) is 3.88. The van der Waals surface area contributed by atoms with E-state index in [-0.39, 0.29) is 40.8 Å². The van der Waals surface area contributed by atoms with Gasteiger partial charge in [-0.1, -0.05) is 24.3 Å². The minimum absolute atomic E-state index is 0.0164. The number of rotatable bonds is 7. The number of hydrogen-bond acceptors (Lipinski definition) is 8. The largest absolute Gasteiger partial charge is 0.493 e. The molecule has 0 bridgehead atoms. The summed E-state index contributed by atoms with van der Waals surface area (Å²) in [6, 6.07) is 11.2. The molecule has 2 aromatic heterocycles. The molecule has 2 aliphatic heterocycles. The fourth-order valence-corrected chi connectivity index (χ4v) is 5.62. The highest BCUT2D eigenvalue weighted by Gasteiger charge is 2.45. The number of halogens is 1. The Balaban J connectivity index is 1.41. The van der Waals surface area contributed by atoms with Crippen molar-refractivity contribution in [1.29, 1.82) is 0 Å². The quantitative estimate of drug-likeness (QED) is 0.374. The Labute approximate surface area is 207 Å². The van der Waals surface area contributed by atoms with Gasteiger partial charge in [0.25, 0.3) is 0 Å². The average molecular weight is 491 g/mol. The molecule has 2 aromatic carbocycles. The zero-order valence-corrected chi connectivity index (χ0v) is 20.0. The molecule has 36 heavy (non-hydrogen) atoms. The van der Waals surface area contributed by atoms with Gasteiger partial charge in [-0.05, 0) is 61.7 Å². The lowest BCUT2D eigenvalue weighted by Crippen LogP contribution is -2.43. The van der Waals surface area contributed by atoms with E-state index in [1.807, 2.05) is 30.3 Å². The van der Waals surface area contributed by atoms with Crippen LogP contribution in [0.5, 0.6) is 17.6 Å². The molecule has 0 saturated carbocycles. The lowest BCUT2D eigenvalue weighted by atomic mass is 9.95. The molecular weight excluding hydrogens is 463 g/mol. The SMILES string of the molecule is COCOc1cc(-c2ncc3c(O)nc(OCC45CCCN4CCC5)nc3c2F)c2ccccc2c1. The molecule has 4 heterocycles. The van der Waals surface area contributed by atoms with Crippen LogP contribution in [0.1, 0.15) is 25.7 Å². The summed E-state index contributed by atoms with van der Waals surface area (Å²) in [6.07, 6.45) is 5.78. The van der Waals surface area contributed by atoms with Crippen LogP contribution in [-0.4, -0.2) is 64.1 Å². The first-order valence-corrected chi connectivity index (χ1v) is 12.2. The molecule has 2 fully saturated rings. The molecule has 2 saturated heterocycles. The van der Waals surface area contributed by atoms with E-state index in [1.54, 1.807) is 6.07 Å². The average Bonchev–Trinajstić information content (AvgIpc) is 3.47. The number of methoxy groups -OCH3 is 1. The van der Waals surface area contributed by atoms with E-state index in [1.165, 1.54) is 13.3 Å². The highest BCUT2D eigenvalue weighted by molar-refractivity contribution is 5.99. The third-order valence-electron chi connectivity index (χ3n) is 7.36. The Morgan fingerprint density at radius 2 is 1.86 bits per heavy atom. The smallest absolute Gasteiger partial charge is 0.320 e. The minimum Gasteiger partial charge on any atom is -0.493 e. The van der Waals surface area contributed by atoms with Crippen LogP contribution in [0.4, 0.5) is 4.39 Å². The van der Waals surface area contributed by atoms with Crippen LogP contribution in [0.2, 0.25) is 0 Å². The molecule has 0 atom stereocenters. The second-order valence-electron chi connectivity index (χ2n) is 9.46. The normalized spacial score (nSPS) is 17.1. The number of aromatic nitrogens is 3. The van der Waals surface area contributed by atoms with Crippen LogP contribution in [0.3, 0.4) is 0 Å². The standard InChI is InChI=1S/C27H27FN4O4/c1-34-16-36-18-12-17-6-2-3-7-19(17)20(13-18)23-22(28)24-21(14-29-23)25(33)31-26(30-24)35-15-27-8-4-10-32(27)11-5-9-27/h2-3,6-7,12-14H,4-5,8-11,15-16H2,1H3,(H,30,31,33). The van der Waals surface area contributed by atoms with Crippen molar-refractivity contribution in [3.63, 3.8) is 0 Å². The fourth-order valence-electron chi connectivity index (χ4n) is 5.62. The third-order valence-corrected chi connectivity index (χ3v) is 7.36. The maximum atomic E-state index is 16.0. The lowest BCUT2D eigenvalue weighted by molar-refractivity contribution is 0.0512. The first-order chi connectivity index (χ1) is 17.6. The summed E-state index contributed by atoms with van der Waals surface area (Å²) in [7, 11) is 1.54. The first kappa shape index (κ1) is 22.9. The van der Waals surface area contributed by atoms with E-state index in [4.69, 9.17) is 14.2 Å². The molecular formula is C27H27FN4O4. The zero-order chi connectivity index (χ0) is 24.7. The topological polar surface area (TPSA) is 89.8 Å². The van der Waals surface area contributed by atoms with Crippen molar-refractivity contribution >= 4 is 21.7 Å². The predicted molar refractivity (Wildman–Crippen MR) is 133 cm³/mol. The van der Waals surface area contributed by atoms with Gasteiger partial charge in [-0.15, -0.1) is 0 Å². The van der Waals surface area contributed by atoms with Crippen molar-refractivity contribution in [3.8, 4) is 28.9 Å². The van der Waals surface area contributed by atoms with E-state index in [0.29, 0.717) is 17.9 Å². The maximum Gasteiger partial charge on any atom is 0.320 e. The summed E-state index contributed by atoms with van der Waals surface area (Å²) in [5.41, 5.74) is 0.590. The zero-order valence-electron chi connectivity index (χ0n) is 20.0. The molecule has 6 rings (SSSR count). The van der Waals surface area contributed by atoms with Crippen LogP contribution in [0, 0.1) is 5.82 Å². The van der Waals surface area contributed by atoms with Crippen LogP contribution in [-0.2, 0) is 4.74 Å². The molecule has 186 valence electrons. The van der Waals surface area contributed by atoms with Crippen molar-refractivity contribution in [2.45, 2.75) is 31.2 Å². The number of ether oxygens (including phenoxy) is 3. The first-order valence-electron chi connectivity index (χ1n) is 12.2. The molecule has 0 radical (unpaired) electrons. The second-order valence-corrected chi connectivity index (χ2v) is 9.46. The van der Waals surface area contributed by atoms with E-state index < -0.39 is 5.82 Å². The summed E-state index contributed by atoms with van der Waals surface area (Å²) < 4.78 is 32.6. The number of hydrogen-bond donors (Lipinski definition) is 1. The highest BCUT2D eigenvalue weighted by Crippen LogP contribution is 2.40. The molecule has 9 heteroatoms. The Morgan fingerprint density at radius 3 is 2.67 bits per heavy atom. The Bertz CT molecular complexity index is 1440. The maximum absolute atomic E-state index is 16.0. The molecule has 0 aliphatic carbocycles. The van der Waals surface area contributed by atoms with Crippen molar-refractivity contribution in [2.75, 3.05) is 33.6 Å². The van der Waals surface area contributed by atoms with Gasteiger partial charge in [0.05, 0.1) is 10.9 Å². The predicted octanol–water partition coefficient (Wildman–Crippen LogP) is 4.68.